The van der Waals surface area contributed by atoms with Crippen LogP contribution in [-0.4, -0.2) is 23.5 Å². The van der Waals surface area contributed by atoms with Crippen LogP contribution in [0.4, 0.5) is 5.69 Å². The predicted octanol–water partition coefficient (Wildman–Crippen LogP) is 0.793. The van der Waals surface area contributed by atoms with Gasteiger partial charge in [0.1, 0.15) is 5.75 Å². The van der Waals surface area contributed by atoms with Gasteiger partial charge in [-0.05, 0) is 25.5 Å². The molecule has 0 radical (unpaired) electrons. The van der Waals surface area contributed by atoms with Gasteiger partial charge in [0.15, 0.2) is 0 Å². The van der Waals surface area contributed by atoms with Crippen molar-refractivity contribution in [3.8, 4) is 5.75 Å². The fraction of sp³-hybridized carbons (Fsp3) is 0.417. The summed E-state index contributed by atoms with van der Waals surface area (Å²) >= 11 is 0. The van der Waals surface area contributed by atoms with Crippen LogP contribution in [0.3, 0.4) is 0 Å². The van der Waals surface area contributed by atoms with E-state index >= 15 is 0 Å². The minimum Gasteiger partial charge on any atom is -0.493 e. The van der Waals surface area contributed by atoms with Crippen molar-refractivity contribution in [2.45, 2.75) is 26.3 Å². The Morgan fingerprint density at radius 2 is 2.05 bits per heavy atom. The first-order chi connectivity index (χ1) is 8.82. The summed E-state index contributed by atoms with van der Waals surface area (Å²) in [4.78, 5) is 21.1. The van der Waals surface area contributed by atoms with Gasteiger partial charge < -0.3 is 16.2 Å². The molecule has 4 N–H and O–H groups in total. The van der Waals surface area contributed by atoms with Crippen molar-refractivity contribution >= 4 is 11.6 Å². The van der Waals surface area contributed by atoms with Gasteiger partial charge in [-0.1, -0.05) is 0 Å². The number of aryl methyl sites for hydroxylation is 2. The Balaban J connectivity index is 2.72. The van der Waals surface area contributed by atoms with Gasteiger partial charge in [-0.3, -0.25) is 14.9 Å². The average Bonchev–Trinajstić information content (AvgIpc) is 2.32. The third-order valence-corrected chi connectivity index (χ3v) is 2.74. The maximum Gasteiger partial charge on any atom is 0.272 e. The van der Waals surface area contributed by atoms with Crippen molar-refractivity contribution in [3.63, 3.8) is 0 Å². The van der Waals surface area contributed by atoms with Crippen molar-refractivity contribution in [2.24, 2.45) is 11.5 Å². The molecule has 0 spiro atoms. The quantitative estimate of drug-likeness (QED) is 0.583. The lowest BCUT2D eigenvalue weighted by molar-refractivity contribution is -0.385. The van der Waals surface area contributed by atoms with Crippen LogP contribution in [0.1, 0.15) is 17.5 Å². The number of ether oxygens (including phenoxy) is 1. The number of nitrogens with zero attached hydrogens (tertiary/aromatic N) is 1. The first kappa shape index (κ1) is 14.9. The highest BCUT2D eigenvalue weighted by atomic mass is 16.6. The molecular weight excluding hydrogens is 250 g/mol. The van der Waals surface area contributed by atoms with Crippen molar-refractivity contribution in [1.29, 1.82) is 0 Å². The molecule has 0 saturated heterocycles. The van der Waals surface area contributed by atoms with E-state index in [0.717, 1.165) is 0 Å². The highest BCUT2D eigenvalue weighted by Crippen LogP contribution is 2.27. The predicted molar refractivity (Wildman–Crippen MR) is 69.9 cm³/mol. The largest absolute Gasteiger partial charge is 0.493 e. The molecule has 0 fully saturated rings. The molecule has 1 rings (SSSR count). The molecule has 0 saturated carbocycles. The first-order valence-electron chi connectivity index (χ1n) is 5.76. The SMILES string of the molecule is Cc1cc([N+](=O)[O-])c(C)cc1OCCC(N)C(N)=O. The number of hydrogen-bond acceptors (Lipinski definition) is 5. The van der Waals surface area contributed by atoms with Crippen molar-refractivity contribution in [2.75, 3.05) is 6.61 Å². The molecular formula is C12H17N3O4. The van der Waals surface area contributed by atoms with Crippen LogP contribution >= 0.6 is 0 Å². The molecule has 7 heteroatoms. The lowest BCUT2D eigenvalue weighted by Gasteiger charge is -2.12. The smallest absolute Gasteiger partial charge is 0.272 e. The highest BCUT2D eigenvalue weighted by Gasteiger charge is 2.15. The third-order valence-electron chi connectivity index (χ3n) is 2.74. The Bertz CT molecular complexity index is 502. The normalized spacial score (nSPS) is 11.9. The molecule has 1 aromatic rings. The van der Waals surface area contributed by atoms with Crippen LogP contribution in [0.2, 0.25) is 0 Å². The zero-order chi connectivity index (χ0) is 14.6. The molecule has 0 aliphatic heterocycles. The highest BCUT2D eigenvalue weighted by molar-refractivity contribution is 5.79. The van der Waals surface area contributed by atoms with Crippen molar-refractivity contribution in [1.82, 2.24) is 0 Å². The summed E-state index contributed by atoms with van der Waals surface area (Å²) in [5, 5.41) is 10.8. The van der Waals surface area contributed by atoms with E-state index in [-0.39, 0.29) is 12.3 Å². The number of primary amides is 1. The van der Waals surface area contributed by atoms with Gasteiger partial charge in [0.2, 0.25) is 5.91 Å². The fourth-order valence-electron chi connectivity index (χ4n) is 1.56. The number of benzene rings is 1. The van der Waals surface area contributed by atoms with Crippen molar-refractivity contribution in [3.05, 3.63) is 33.4 Å². The van der Waals surface area contributed by atoms with E-state index in [2.05, 4.69) is 0 Å². The Morgan fingerprint density at radius 1 is 1.42 bits per heavy atom. The van der Waals surface area contributed by atoms with E-state index < -0.39 is 16.9 Å². The van der Waals surface area contributed by atoms with Gasteiger partial charge in [-0.15, -0.1) is 0 Å². The first-order valence-corrected chi connectivity index (χ1v) is 5.76. The van der Waals surface area contributed by atoms with Gasteiger partial charge in [-0.2, -0.15) is 0 Å². The van der Waals surface area contributed by atoms with Gasteiger partial charge in [0.05, 0.1) is 17.6 Å². The van der Waals surface area contributed by atoms with Gasteiger partial charge in [-0.25, -0.2) is 0 Å². The summed E-state index contributed by atoms with van der Waals surface area (Å²) in [7, 11) is 0. The maximum atomic E-state index is 10.8. The van der Waals surface area contributed by atoms with Crippen LogP contribution in [0.15, 0.2) is 12.1 Å². The summed E-state index contributed by atoms with van der Waals surface area (Å²) in [6.07, 6.45) is 0.296. The van der Waals surface area contributed by atoms with Crippen LogP contribution in [0, 0.1) is 24.0 Å². The molecule has 0 heterocycles. The Kier molecular flexibility index (Phi) is 4.82. The number of carbonyl (C=O) groups is 1. The van der Waals surface area contributed by atoms with E-state index in [9.17, 15) is 14.9 Å². The van der Waals surface area contributed by atoms with E-state index in [1.54, 1.807) is 19.9 Å². The number of rotatable bonds is 6. The lowest BCUT2D eigenvalue weighted by atomic mass is 10.1. The minimum atomic E-state index is -0.751. The molecule has 1 aromatic carbocycles. The van der Waals surface area contributed by atoms with Crippen LogP contribution in [0.5, 0.6) is 5.75 Å². The molecule has 1 amide bonds. The molecule has 0 aliphatic rings. The topological polar surface area (TPSA) is 121 Å². The average molecular weight is 267 g/mol. The zero-order valence-corrected chi connectivity index (χ0v) is 10.9. The number of nitro benzene ring substituents is 1. The Hall–Kier alpha value is -2.15. The molecule has 0 aromatic heterocycles. The van der Waals surface area contributed by atoms with Gasteiger partial charge >= 0.3 is 0 Å². The number of carbonyl (C=O) groups excluding carboxylic acids is 1. The van der Waals surface area contributed by atoms with Gasteiger partial charge in [0.25, 0.3) is 5.69 Å². The van der Waals surface area contributed by atoms with E-state index in [1.165, 1.54) is 6.07 Å². The second kappa shape index (κ2) is 6.14. The molecule has 7 nitrogen and oxygen atoms in total. The molecule has 104 valence electrons. The summed E-state index contributed by atoms with van der Waals surface area (Å²) in [5.74, 6) is -0.0417. The Morgan fingerprint density at radius 3 is 2.58 bits per heavy atom. The summed E-state index contributed by atoms with van der Waals surface area (Å²) < 4.78 is 5.46. The van der Waals surface area contributed by atoms with E-state index in [1.807, 2.05) is 0 Å². The lowest BCUT2D eigenvalue weighted by Crippen LogP contribution is -2.37. The zero-order valence-electron chi connectivity index (χ0n) is 10.9. The summed E-state index contributed by atoms with van der Waals surface area (Å²) in [6.45, 7) is 3.58. The molecule has 0 aliphatic carbocycles. The van der Waals surface area contributed by atoms with Gasteiger partial charge in [0, 0.05) is 18.1 Å². The molecule has 1 unspecified atom stereocenters. The standard InChI is InChI=1S/C12H17N3O4/c1-7-6-11(8(2)5-10(7)15(17)18)19-4-3-9(13)12(14)16/h5-6,9H,3-4,13H2,1-2H3,(H2,14,16). The molecule has 1 atom stereocenters. The molecule has 0 bridgehead atoms. The maximum absolute atomic E-state index is 10.8. The monoisotopic (exact) mass is 267 g/mol. The number of amides is 1. The third kappa shape index (κ3) is 3.92. The number of hydrogen-bond donors (Lipinski definition) is 2. The second-order valence-electron chi connectivity index (χ2n) is 4.31. The second-order valence-corrected chi connectivity index (χ2v) is 4.31. The number of nitrogens with two attached hydrogens (primary N) is 2. The summed E-state index contributed by atoms with van der Waals surface area (Å²) in [6, 6.07) is 2.31. The van der Waals surface area contributed by atoms with Crippen molar-refractivity contribution < 1.29 is 14.5 Å². The fourth-order valence-corrected chi connectivity index (χ4v) is 1.56. The number of nitro groups is 1. The van der Waals surface area contributed by atoms with E-state index in [4.69, 9.17) is 16.2 Å². The summed E-state index contributed by atoms with van der Waals surface area (Å²) in [5.41, 5.74) is 11.7. The Labute approximate surface area is 110 Å². The van der Waals surface area contributed by atoms with E-state index in [0.29, 0.717) is 23.3 Å². The molecule has 19 heavy (non-hydrogen) atoms. The van der Waals surface area contributed by atoms with Crippen LogP contribution in [-0.2, 0) is 4.79 Å². The van der Waals surface area contributed by atoms with Crippen LogP contribution in [0.25, 0.3) is 0 Å². The minimum absolute atomic E-state index is 0.0543. The van der Waals surface area contributed by atoms with Crippen LogP contribution < -0.4 is 16.2 Å².